The first-order chi connectivity index (χ1) is 13.7. The number of benzene rings is 1. The number of phenolic OH excluding ortho intramolecular Hbond substituents is 2. The average molecular weight is 477 g/mol. The molecule has 2 aromatic rings. The van der Waals surface area contributed by atoms with Crippen molar-refractivity contribution < 1.29 is 24.9 Å². The van der Waals surface area contributed by atoms with Gasteiger partial charge >= 0.3 is 11.9 Å². The van der Waals surface area contributed by atoms with Gasteiger partial charge < -0.3 is 44.0 Å². The molecule has 1 amide bonds. The van der Waals surface area contributed by atoms with Crippen LogP contribution in [0, 0.1) is 0 Å². The SMILES string of the molecule is CC(N)(Cc1ccc(O)c(O)c1)C(=O)O.Cl.NC(N)=NC(=O)c1nc(Cl)c(N)nc1N. The summed E-state index contributed by atoms with van der Waals surface area (Å²) >= 11 is 5.55. The van der Waals surface area contributed by atoms with Crippen LogP contribution < -0.4 is 28.7 Å². The molecule has 0 spiro atoms. The van der Waals surface area contributed by atoms with Crippen LogP contribution in [0.4, 0.5) is 11.6 Å². The number of nitrogens with zero attached hydrogens (tertiary/aromatic N) is 3. The molecule has 0 fully saturated rings. The maximum Gasteiger partial charge on any atom is 0.323 e. The first kappa shape index (κ1) is 27.5. The Hall–Kier alpha value is -3.55. The number of carbonyl (C=O) groups excluding carboxylic acids is 1. The summed E-state index contributed by atoms with van der Waals surface area (Å²) in [5.74, 6) is -3.14. The standard InChI is InChI=1S/C10H13NO4.C6H8ClN7O.ClH/c1-10(11,9(14)15)5-6-2-3-7(12)8(13)4-6;7-2-4(9)13-3(8)1(12-2)5(15)14-6(10)11;/h2-4,12-13H,5,11H2,1H3,(H,14,15);(H4,8,9,13)(H4,10,11,14,15);1H. The van der Waals surface area contributed by atoms with Gasteiger partial charge in [-0.05, 0) is 24.6 Å². The Bertz CT molecular complexity index is 996. The van der Waals surface area contributed by atoms with E-state index < -0.39 is 23.4 Å². The number of phenols is 2. The van der Waals surface area contributed by atoms with E-state index in [1.165, 1.54) is 25.1 Å². The third-order valence-electron chi connectivity index (χ3n) is 3.44. The second kappa shape index (κ2) is 11.0. The van der Waals surface area contributed by atoms with Crippen molar-refractivity contribution in [3.8, 4) is 11.5 Å². The fourth-order valence-corrected chi connectivity index (χ4v) is 2.07. The summed E-state index contributed by atoms with van der Waals surface area (Å²) in [6.45, 7) is 1.39. The highest BCUT2D eigenvalue weighted by atomic mass is 35.5. The molecule has 0 bridgehead atoms. The van der Waals surface area contributed by atoms with E-state index in [9.17, 15) is 14.7 Å². The maximum atomic E-state index is 11.3. The highest BCUT2D eigenvalue weighted by molar-refractivity contribution is 6.31. The molecule has 1 heterocycles. The third kappa shape index (κ3) is 8.00. The van der Waals surface area contributed by atoms with Gasteiger partial charge in [-0.25, -0.2) is 9.97 Å². The molecule has 0 radical (unpaired) electrons. The van der Waals surface area contributed by atoms with Gasteiger partial charge in [-0.2, -0.15) is 4.99 Å². The summed E-state index contributed by atoms with van der Waals surface area (Å²) in [4.78, 5) is 32.5. The highest BCUT2D eigenvalue weighted by Gasteiger charge is 2.28. The van der Waals surface area contributed by atoms with Crippen LogP contribution in [0.1, 0.15) is 23.0 Å². The molecule has 1 atom stereocenters. The van der Waals surface area contributed by atoms with Crippen LogP contribution >= 0.6 is 24.0 Å². The molecule has 0 saturated carbocycles. The number of hydrogen-bond acceptors (Lipinski definition) is 9. The van der Waals surface area contributed by atoms with Gasteiger partial charge in [0.2, 0.25) is 0 Å². The van der Waals surface area contributed by atoms with Gasteiger partial charge in [0, 0.05) is 6.42 Å². The molecule has 0 aliphatic rings. The predicted octanol–water partition coefficient (Wildman–Crippen LogP) is -0.428. The molecule has 0 aliphatic heterocycles. The number of nitrogen functional groups attached to an aromatic ring is 2. The highest BCUT2D eigenvalue weighted by Crippen LogP contribution is 2.26. The van der Waals surface area contributed by atoms with Crippen LogP contribution in [0.2, 0.25) is 5.15 Å². The Balaban J connectivity index is 0.000000562. The summed E-state index contributed by atoms with van der Waals surface area (Å²) < 4.78 is 0. The van der Waals surface area contributed by atoms with E-state index in [2.05, 4.69) is 15.0 Å². The number of halogens is 2. The van der Waals surface area contributed by atoms with Crippen LogP contribution in [-0.4, -0.2) is 48.7 Å². The van der Waals surface area contributed by atoms with E-state index in [1.54, 1.807) is 0 Å². The number of carbonyl (C=O) groups is 2. The molecule has 0 aliphatic carbocycles. The van der Waals surface area contributed by atoms with Crippen LogP contribution in [0.3, 0.4) is 0 Å². The van der Waals surface area contributed by atoms with E-state index in [-0.39, 0.29) is 52.8 Å². The number of aromatic nitrogens is 2. The summed E-state index contributed by atoms with van der Waals surface area (Å²) in [7, 11) is 0. The van der Waals surface area contributed by atoms with E-state index in [0.29, 0.717) is 5.56 Å². The Morgan fingerprint density at radius 2 is 1.71 bits per heavy atom. The zero-order chi connectivity index (χ0) is 23.2. The second-order valence-electron chi connectivity index (χ2n) is 6.20. The van der Waals surface area contributed by atoms with Gasteiger partial charge in [0.25, 0.3) is 0 Å². The smallest absolute Gasteiger partial charge is 0.323 e. The third-order valence-corrected chi connectivity index (χ3v) is 3.72. The van der Waals surface area contributed by atoms with Gasteiger partial charge in [0.1, 0.15) is 5.54 Å². The molecule has 13 nitrogen and oxygen atoms in total. The number of aliphatic carboxylic acids is 1. The molecule has 0 saturated heterocycles. The lowest BCUT2D eigenvalue weighted by molar-refractivity contribution is -0.142. The first-order valence-electron chi connectivity index (χ1n) is 8.00. The van der Waals surface area contributed by atoms with Crippen molar-refractivity contribution in [3.63, 3.8) is 0 Å². The number of nitrogens with two attached hydrogens (primary N) is 5. The van der Waals surface area contributed by atoms with Crippen LogP contribution in [0.5, 0.6) is 11.5 Å². The molecule has 13 N–H and O–H groups in total. The maximum absolute atomic E-state index is 11.3. The number of guanidine groups is 1. The van der Waals surface area contributed by atoms with Crippen molar-refractivity contribution >= 4 is 53.5 Å². The largest absolute Gasteiger partial charge is 0.504 e. The molecule has 1 aromatic heterocycles. The molecule has 1 unspecified atom stereocenters. The molecule has 2 rings (SSSR count). The number of rotatable bonds is 4. The van der Waals surface area contributed by atoms with Crippen molar-refractivity contribution in [1.82, 2.24) is 9.97 Å². The van der Waals surface area contributed by atoms with E-state index in [1.807, 2.05) is 0 Å². The quantitative estimate of drug-likeness (QED) is 0.158. The number of aromatic hydroxyl groups is 2. The summed E-state index contributed by atoms with van der Waals surface area (Å²) in [5, 5.41) is 26.9. The van der Waals surface area contributed by atoms with E-state index in [0.717, 1.165) is 0 Å². The summed E-state index contributed by atoms with van der Waals surface area (Å²) in [5.41, 5.74) is 25.2. The Labute approximate surface area is 187 Å². The topological polar surface area (TPSA) is 263 Å². The van der Waals surface area contributed by atoms with Crippen LogP contribution in [0.25, 0.3) is 0 Å². The van der Waals surface area contributed by atoms with Crippen LogP contribution in [-0.2, 0) is 11.2 Å². The zero-order valence-corrected chi connectivity index (χ0v) is 17.7. The van der Waals surface area contributed by atoms with Crippen molar-refractivity contribution in [1.29, 1.82) is 0 Å². The minimum Gasteiger partial charge on any atom is -0.504 e. The normalized spacial score (nSPS) is 11.7. The zero-order valence-electron chi connectivity index (χ0n) is 16.1. The Kier molecular flexibility index (Phi) is 9.75. The monoisotopic (exact) mass is 476 g/mol. The second-order valence-corrected chi connectivity index (χ2v) is 6.56. The van der Waals surface area contributed by atoms with Gasteiger partial charge in [-0.15, -0.1) is 12.4 Å². The fourth-order valence-electron chi connectivity index (χ4n) is 1.95. The van der Waals surface area contributed by atoms with Gasteiger partial charge in [-0.1, -0.05) is 17.7 Å². The lowest BCUT2D eigenvalue weighted by Gasteiger charge is -2.19. The molecule has 170 valence electrons. The number of carboxylic acids is 1. The fraction of sp³-hybridized carbons (Fsp3) is 0.188. The van der Waals surface area contributed by atoms with Crippen molar-refractivity contribution in [2.45, 2.75) is 18.9 Å². The Morgan fingerprint density at radius 3 is 2.19 bits per heavy atom. The van der Waals surface area contributed by atoms with E-state index >= 15 is 0 Å². The molecular weight excluding hydrogens is 455 g/mol. The minimum absolute atomic E-state index is 0. The van der Waals surface area contributed by atoms with Crippen molar-refractivity contribution in [2.24, 2.45) is 22.2 Å². The Morgan fingerprint density at radius 1 is 1.13 bits per heavy atom. The van der Waals surface area contributed by atoms with Gasteiger partial charge in [0.15, 0.2) is 39.9 Å². The molecular formula is C16H22Cl2N8O5. The summed E-state index contributed by atoms with van der Waals surface area (Å²) in [6, 6.07) is 4.11. The van der Waals surface area contributed by atoms with Gasteiger partial charge in [-0.3, -0.25) is 9.59 Å². The minimum atomic E-state index is -1.39. The first-order valence-corrected chi connectivity index (χ1v) is 8.38. The number of anilines is 2. The average Bonchev–Trinajstić information content (AvgIpc) is 2.61. The van der Waals surface area contributed by atoms with Crippen molar-refractivity contribution in [3.05, 3.63) is 34.6 Å². The number of carboxylic acid groups (broad SMARTS) is 1. The number of aliphatic imine (C=N–C) groups is 1. The van der Waals surface area contributed by atoms with E-state index in [4.69, 9.17) is 50.5 Å². The summed E-state index contributed by atoms with van der Waals surface area (Å²) in [6.07, 6.45) is 0.0795. The van der Waals surface area contributed by atoms with Crippen molar-refractivity contribution in [2.75, 3.05) is 11.5 Å². The predicted molar refractivity (Wildman–Crippen MR) is 117 cm³/mol. The molecule has 1 aromatic carbocycles. The molecule has 15 heteroatoms. The number of hydrogen-bond donors (Lipinski definition) is 8. The lowest BCUT2D eigenvalue weighted by Crippen LogP contribution is -2.46. The van der Waals surface area contributed by atoms with Gasteiger partial charge in [0.05, 0.1) is 0 Å². The van der Waals surface area contributed by atoms with Crippen LogP contribution in [0.15, 0.2) is 23.2 Å². The lowest BCUT2D eigenvalue weighted by atomic mass is 9.94. The number of amides is 1. The molecule has 31 heavy (non-hydrogen) atoms.